The van der Waals surface area contributed by atoms with Crippen molar-refractivity contribution in [3.8, 4) is 11.5 Å². The zero-order valence-corrected chi connectivity index (χ0v) is 22.2. The van der Waals surface area contributed by atoms with Crippen molar-refractivity contribution in [3.05, 3.63) is 94.8 Å². The molecule has 1 aliphatic heterocycles. The molecule has 3 aromatic carbocycles. The van der Waals surface area contributed by atoms with E-state index in [1.165, 1.54) is 14.0 Å². The van der Waals surface area contributed by atoms with E-state index in [1.807, 2.05) is 24.3 Å². The number of aliphatic imine (C=N–C) groups is 1. The van der Waals surface area contributed by atoms with Crippen molar-refractivity contribution in [2.24, 2.45) is 4.99 Å². The number of guanidine groups is 1. The maximum atomic E-state index is 14.9. The fraction of sp³-hybridized carbons (Fsp3) is 0.296. The van der Waals surface area contributed by atoms with E-state index in [0.717, 1.165) is 15.4 Å². The number of halogens is 3. The first-order valence-electron chi connectivity index (χ1n) is 11.7. The minimum absolute atomic E-state index is 0.00601. The van der Waals surface area contributed by atoms with Crippen molar-refractivity contribution >= 4 is 16.0 Å². The molecule has 4 rings (SSSR count). The average Bonchev–Trinajstić information content (AvgIpc) is 2.86. The summed E-state index contributed by atoms with van der Waals surface area (Å²) in [5, 5.41) is 0. The Bertz CT molecular complexity index is 1370. The summed E-state index contributed by atoms with van der Waals surface area (Å²) in [5.74, 6) is -2.91. The highest BCUT2D eigenvalue weighted by Gasteiger charge is 2.45. The van der Waals surface area contributed by atoms with Crippen molar-refractivity contribution in [1.29, 1.82) is 0 Å². The average molecular weight is 548 g/mol. The van der Waals surface area contributed by atoms with Gasteiger partial charge in [-0.15, -0.1) is 0 Å². The van der Waals surface area contributed by atoms with Crippen LogP contribution < -0.4 is 9.47 Å². The molecule has 1 atom stereocenters. The van der Waals surface area contributed by atoms with Crippen molar-refractivity contribution < 1.29 is 31.1 Å². The number of nitrogens with zero attached hydrogens (tertiary/aromatic N) is 3. The Morgan fingerprint density at radius 3 is 1.76 bits per heavy atom. The number of methoxy groups -OCH3 is 2. The second-order valence-electron chi connectivity index (χ2n) is 9.21. The molecular formula is C27H28F3N3O4S. The first kappa shape index (κ1) is 27.3. The van der Waals surface area contributed by atoms with Gasteiger partial charge < -0.3 is 14.4 Å². The Morgan fingerprint density at radius 1 is 0.895 bits per heavy atom. The van der Waals surface area contributed by atoms with E-state index in [0.29, 0.717) is 23.6 Å². The molecule has 0 fully saturated rings. The van der Waals surface area contributed by atoms with Crippen LogP contribution >= 0.6 is 0 Å². The highest BCUT2D eigenvalue weighted by molar-refractivity contribution is 7.89. The van der Waals surface area contributed by atoms with E-state index < -0.39 is 44.3 Å². The van der Waals surface area contributed by atoms with Gasteiger partial charge in [-0.2, -0.15) is 0 Å². The highest BCUT2D eigenvalue weighted by atomic mass is 32.2. The van der Waals surface area contributed by atoms with Crippen molar-refractivity contribution in [2.45, 2.75) is 25.6 Å². The van der Waals surface area contributed by atoms with Crippen LogP contribution in [-0.4, -0.2) is 50.6 Å². The van der Waals surface area contributed by atoms with Crippen LogP contribution in [0.5, 0.6) is 11.5 Å². The molecule has 0 aliphatic carbocycles. The van der Waals surface area contributed by atoms with Gasteiger partial charge in [0.1, 0.15) is 34.5 Å². The molecule has 0 saturated heterocycles. The number of ether oxygens (including phenoxy) is 2. The summed E-state index contributed by atoms with van der Waals surface area (Å²) in [6, 6.07) is 15.5. The SMILES string of the molecule is COc1ccc(CN(Cc2ccc(OC)cc2)C2=NC(C)(c3c(F)cc(F)cc3F)CS(=O)(=O)N2C)cc1. The van der Waals surface area contributed by atoms with Crippen molar-refractivity contribution in [3.63, 3.8) is 0 Å². The van der Waals surface area contributed by atoms with E-state index in [1.54, 1.807) is 43.4 Å². The Labute approximate surface area is 220 Å². The molecule has 0 radical (unpaired) electrons. The Morgan fingerprint density at radius 2 is 1.34 bits per heavy atom. The first-order valence-corrected chi connectivity index (χ1v) is 13.3. The van der Waals surface area contributed by atoms with Gasteiger partial charge in [-0.1, -0.05) is 24.3 Å². The molecule has 0 aromatic heterocycles. The molecule has 38 heavy (non-hydrogen) atoms. The van der Waals surface area contributed by atoms with Gasteiger partial charge >= 0.3 is 0 Å². The van der Waals surface area contributed by atoms with Crippen LogP contribution in [-0.2, 0) is 28.7 Å². The molecule has 202 valence electrons. The standard InChI is InChI=1S/C27H28F3N3O4S/c1-27(25-23(29)13-20(28)14-24(25)30)17-38(34,35)32(2)26(31-27)33(15-18-5-9-21(36-3)10-6-18)16-19-7-11-22(37-4)12-8-19/h5-14H,15-17H2,1-4H3. The third-order valence-electron chi connectivity index (χ3n) is 6.40. The topological polar surface area (TPSA) is 71.4 Å². The lowest BCUT2D eigenvalue weighted by atomic mass is 9.93. The molecule has 0 spiro atoms. The summed E-state index contributed by atoms with van der Waals surface area (Å²) >= 11 is 0. The van der Waals surface area contributed by atoms with Gasteiger partial charge in [0.2, 0.25) is 16.0 Å². The van der Waals surface area contributed by atoms with Gasteiger partial charge in [-0.3, -0.25) is 0 Å². The number of rotatable bonds is 7. The van der Waals surface area contributed by atoms with E-state index >= 15 is 0 Å². The van der Waals surface area contributed by atoms with Gasteiger partial charge in [0.05, 0.1) is 25.5 Å². The van der Waals surface area contributed by atoms with Crippen LogP contribution in [0.25, 0.3) is 0 Å². The summed E-state index contributed by atoms with van der Waals surface area (Å²) < 4.78 is 81.5. The maximum absolute atomic E-state index is 14.9. The Hall–Kier alpha value is -3.73. The minimum atomic E-state index is -4.07. The van der Waals surface area contributed by atoms with Crippen LogP contribution in [0.2, 0.25) is 0 Å². The lowest BCUT2D eigenvalue weighted by molar-refractivity contribution is 0.342. The largest absolute Gasteiger partial charge is 0.497 e. The summed E-state index contributed by atoms with van der Waals surface area (Å²) in [6.07, 6.45) is 0. The third kappa shape index (κ3) is 5.57. The molecule has 1 aliphatic rings. The van der Waals surface area contributed by atoms with E-state index in [9.17, 15) is 21.6 Å². The molecular weight excluding hydrogens is 519 g/mol. The number of hydrogen-bond donors (Lipinski definition) is 0. The monoisotopic (exact) mass is 547 g/mol. The fourth-order valence-corrected chi connectivity index (χ4v) is 5.97. The highest BCUT2D eigenvalue weighted by Crippen LogP contribution is 2.37. The Balaban J connectivity index is 1.84. The lowest BCUT2D eigenvalue weighted by Crippen LogP contribution is -2.53. The fourth-order valence-electron chi connectivity index (χ4n) is 4.45. The molecule has 0 N–H and O–H groups in total. The molecule has 7 nitrogen and oxygen atoms in total. The molecule has 3 aromatic rings. The third-order valence-corrected chi connectivity index (χ3v) is 8.33. The summed E-state index contributed by atoms with van der Waals surface area (Å²) in [6.45, 7) is 1.77. The van der Waals surface area contributed by atoms with E-state index in [-0.39, 0.29) is 19.0 Å². The molecule has 1 unspecified atom stereocenters. The Kier molecular flexibility index (Phi) is 7.59. The minimum Gasteiger partial charge on any atom is -0.497 e. The second kappa shape index (κ2) is 10.6. The molecule has 11 heteroatoms. The van der Waals surface area contributed by atoms with Crippen LogP contribution in [0.3, 0.4) is 0 Å². The number of hydrogen-bond acceptors (Lipinski definition) is 6. The second-order valence-corrected chi connectivity index (χ2v) is 11.2. The predicted molar refractivity (Wildman–Crippen MR) is 138 cm³/mol. The molecule has 0 bridgehead atoms. The lowest BCUT2D eigenvalue weighted by Gasteiger charge is -2.40. The molecule has 1 heterocycles. The van der Waals surface area contributed by atoms with Crippen LogP contribution in [0.15, 0.2) is 65.7 Å². The zero-order chi connectivity index (χ0) is 27.7. The molecule has 0 amide bonds. The van der Waals surface area contributed by atoms with Gasteiger partial charge in [-0.25, -0.2) is 30.9 Å². The van der Waals surface area contributed by atoms with Crippen molar-refractivity contribution in [2.75, 3.05) is 27.0 Å². The normalized spacial score (nSPS) is 18.6. The smallest absolute Gasteiger partial charge is 0.239 e. The van der Waals surface area contributed by atoms with Gasteiger partial charge in [0, 0.05) is 32.3 Å². The van der Waals surface area contributed by atoms with Crippen LogP contribution in [0.1, 0.15) is 23.6 Å². The van der Waals surface area contributed by atoms with Crippen molar-refractivity contribution in [1.82, 2.24) is 9.21 Å². The quantitative estimate of drug-likeness (QED) is 0.430. The molecule has 0 saturated carbocycles. The number of benzene rings is 3. The summed E-state index contributed by atoms with van der Waals surface area (Å²) in [4.78, 5) is 6.32. The predicted octanol–water partition coefficient (Wildman–Crippen LogP) is 4.67. The summed E-state index contributed by atoms with van der Waals surface area (Å²) in [5.41, 5.74) is -0.818. The zero-order valence-electron chi connectivity index (χ0n) is 21.4. The summed E-state index contributed by atoms with van der Waals surface area (Å²) in [7, 11) is 0.384. The maximum Gasteiger partial charge on any atom is 0.239 e. The van der Waals surface area contributed by atoms with E-state index in [4.69, 9.17) is 9.47 Å². The van der Waals surface area contributed by atoms with Gasteiger partial charge in [-0.05, 0) is 42.3 Å². The van der Waals surface area contributed by atoms with Crippen LogP contribution in [0.4, 0.5) is 13.2 Å². The number of sulfonamides is 1. The van der Waals surface area contributed by atoms with E-state index in [2.05, 4.69) is 4.99 Å². The van der Waals surface area contributed by atoms with Gasteiger partial charge in [0.25, 0.3) is 0 Å². The van der Waals surface area contributed by atoms with Crippen LogP contribution in [0, 0.1) is 17.5 Å². The van der Waals surface area contributed by atoms with Gasteiger partial charge in [0.15, 0.2) is 0 Å². The first-order chi connectivity index (χ1) is 18.0.